The molecule has 1 aliphatic rings. The van der Waals surface area contributed by atoms with E-state index in [1.165, 1.54) is 5.57 Å². The minimum Gasteiger partial charge on any atom is -0.295 e. The van der Waals surface area contributed by atoms with Gasteiger partial charge in [-0.15, -0.1) is 11.3 Å². The van der Waals surface area contributed by atoms with E-state index >= 15 is 0 Å². The van der Waals surface area contributed by atoms with Gasteiger partial charge in [0.05, 0.1) is 10.7 Å². The van der Waals surface area contributed by atoms with E-state index in [1.807, 2.05) is 6.08 Å². The van der Waals surface area contributed by atoms with Crippen LogP contribution >= 0.6 is 11.3 Å². The Bertz CT molecular complexity index is 517. The first-order valence-electron chi connectivity index (χ1n) is 6.83. The second-order valence-corrected chi connectivity index (χ2v) is 8.28. The monoisotopic (exact) mass is 277 g/mol. The van der Waals surface area contributed by atoms with Crippen molar-refractivity contribution < 1.29 is 4.79 Å². The lowest BCUT2D eigenvalue weighted by Crippen LogP contribution is -2.22. The third kappa shape index (κ3) is 3.75. The minimum atomic E-state index is 0.102. The zero-order valence-corrected chi connectivity index (χ0v) is 13.4. The van der Waals surface area contributed by atoms with Crippen molar-refractivity contribution in [2.24, 2.45) is 5.41 Å². The summed E-state index contributed by atoms with van der Waals surface area (Å²) >= 11 is 1.71. The summed E-state index contributed by atoms with van der Waals surface area (Å²) in [6.07, 6.45) is 4.34. The van der Waals surface area contributed by atoms with E-state index in [1.54, 1.807) is 11.3 Å². The van der Waals surface area contributed by atoms with Crippen LogP contribution in [0.15, 0.2) is 17.0 Å². The molecule has 0 amide bonds. The summed E-state index contributed by atoms with van der Waals surface area (Å²) < 4.78 is 0. The van der Waals surface area contributed by atoms with Gasteiger partial charge in [-0.05, 0) is 17.9 Å². The lowest BCUT2D eigenvalue weighted by Gasteiger charge is -2.28. The topological polar surface area (TPSA) is 30.0 Å². The molecule has 1 heterocycles. The quantitative estimate of drug-likeness (QED) is 0.806. The van der Waals surface area contributed by atoms with E-state index in [2.05, 4.69) is 40.0 Å². The molecule has 2 rings (SSSR count). The number of carbonyl (C=O) groups excluding carboxylic acids is 1. The Hall–Kier alpha value is -0.960. The number of aromatic nitrogens is 1. The zero-order chi connectivity index (χ0) is 14.3. The number of allylic oxidation sites excluding steroid dienone is 2. The second-order valence-electron chi connectivity index (χ2n) is 7.34. The molecule has 0 radical (unpaired) electrons. The van der Waals surface area contributed by atoms with Crippen molar-refractivity contribution in [2.75, 3.05) is 0 Å². The van der Waals surface area contributed by atoms with Gasteiger partial charge in [0.2, 0.25) is 0 Å². The number of nitrogens with zero attached hydrogens (tertiary/aromatic N) is 1. The number of thiazole rings is 1. The molecular weight excluding hydrogens is 254 g/mol. The lowest BCUT2D eigenvalue weighted by atomic mass is 9.76. The van der Waals surface area contributed by atoms with E-state index in [9.17, 15) is 4.79 Å². The molecule has 0 aromatic carbocycles. The van der Waals surface area contributed by atoms with Crippen molar-refractivity contribution in [1.29, 1.82) is 0 Å². The Labute approximate surface area is 120 Å². The highest BCUT2D eigenvalue weighted by atomic mass is 32.1. The van der Waals surface area contributed by atoms with E-state index in [-0.39, 0.29) is 16.6 Å². The first kappa shape index (κ1) is 14.4. The van der Waals surface area contributed by atoms with E-state index in [4.69, 9.17) is 4.98 Å². The van der Waals surface area contributed by atoms with Crippen LogP contribution in [-0.4, -0.2) is 10.8 Å². The van der Waals surface area contributed by atoms with Gasteiger partial charge in [-0.1, -0.05) is 40.2 Å². The molecule has 2 nitrogen and oxygen atoms in total. The fraction of sp³-hybridized carbons (Fsp3) is 0.625. The smallest absolute Gasteiger partial charge is 0.156 e. The molecule has 0 aliphatic heterocycles. The molecule has 0 atom stereocenters. The third-order valence-corrected chi connectivity index (χ3v) is 4.27. The number of hydrogen-bond donors (Lipinski definition) is 0. The van der Waals surface area contributed by atoms with Crippen molar-refractivity contribution in [2.45, 2.75) is 59.3 Å². The predicted octanol–water partition coefficient (Wildman–Crippen LogP) is 4.30. The standard InChI is InChI=1S/C16H23NOS/c1-15(2,3)13-10-19-14(17-13)7-11-6-12(18)9-16(4,5)8-11/h6,10H,7-9H2,1-5H3. The first-order valence-corrected chi connectivity index (χ1v) is 7.71. The highest BCUT2D eigenvalue weighted by Gasteiger charge is 2.28. The van der Waals surface area contributed by atoms with Crippen LogP contribution in [0.4, 0.5) is 0 Å². The van der Waals surface area contributed by atoms with Crippen molar-refractivity contribution in [1.82, 2.24) is 4.98 Å². The van der Waals surface area contributed by atoms with Gasteiger partial charge in [-0.25, -0.2) is 4.98 Å². The molecule has 0 N–H and O–H groups in total. The maximum absolute atomic E-state index is 11.8. The van der Waals surface area contributed by atoms with Gasteiger partial charge in [-0.3, -0.25) is 4.79 Å². The van der Waals surface area contributed by atoms with Crippen LogP contribution in [-0.2, 0) is 16.6 Å². The molecule has 0 bridgehead atoms. The number of carbonyl (C=O) groups is 1. The molecule has 1 aliphatic carbocycles. The molecule has 0 fully saturated rings. The number of ketones is 1. The van der Waals surface area contributed by atoms with E-state index in [0.29, 0.717) is 6.42 Å². The van der Waals surface area contributed by atoms with Crippen LogP contribution in [0.5, 0.6) is 0 Å². The van der Waals surface area contributed by atoms with Crippen molar-refractivity contribution in [3.05, 3.63) is 27.7 Å². The van der Waals surface area contributed by atoms with Gasteiger partial charge < -0.3 is 0 Å². The fourth-order valence-electron chi connectivity index (χ4n) is 2.52. The van der Waals surface area contributed by atoms with Crippen LogP contribution < -0.4 is 0 Å². The lowest BCUT2D eigenvalue weighted by molar-refractivity contribution is -0.117. The molecule has 3 heteroatoms. The molecule has 0 saturated carbocycles. The van der Waals surface area contributed by atoms with E-state index < -0.39 is 0 Å². The molecule has 104 valence electrons. The average molecular weight is 277 g/mol. The van der Waals surface area contributed by atoms with Crippen molar-refractivity contribution >= 4 is 17.1 Å². The fourth-order valence-corrected chi connectivity index (χ4v) is 3.60. The SMILES string of the molecule is CC1(C)CC(=O)C=C(Cc2nc(C(C)(C)C)cs2)C1. The molecule has 1 aromatic heterocycles. The van der Waals surface area contributed by atoms with Crippen LogP contribution in [0.25, 0.3) is 0 Å². The van der Waals surface area contributed by atoms with Gasteiger partial charge in [0.15, 0.2) is 5.78 Å². The summed E-state index contributed by atoms with van der Waals surface area (Å²) in [6, 6.07) is 0. The summed E-state index contributed by atoms with van der Waals surface area (Å²) in [4.78, 5) is 16.5. The van der Waals surface area contributed by atoms with Gasteiger partial charge in [0.1, 0.15) is 0 Å². The molecule has 0 saturated heterocycles. The van der Waals surface area contributed by atoms with Crippen molar-refractivity contribution in [3.63, 3.8) is 0 Å². The second kappa shape index (κ2) is 4.86. The van der Waals surface area contributed by atoms with Gasteiger partial charge in [0.25, 0.3) is 0 Å². The summed E-state index contributed by atoms with van der Waals surface area (Å²) in [5, 5.41) is 3.27. The summed E-state index contributed by atoms with van der Waals surface area (Å²) in [5.74, 6) is 0.263. The maximum Gasteiger partial charge on any atom is 0.156 e. The molecule has 0 spiro atoms. The maximum atomic E-state index is 11.8. The summed E-state index contributed by atoms with van der Waals surface area (Å²) in [6.45, 7) is 10.9. The predicted molar refractivity (Wildman–Crippen MR) is 80.6 cm³/mol. The Balaban J connectivity index is 2.14. The highest BCUT2D eigenvalue weighted by Crippen LogP contribution is 2.35. The Morgan fingerprint density at radius 2 is 2.00 bits per heavy atom. The van der Waals surface area contributed by atoms with Crippen LogP contribution in [0.3, 0.4) is 0 Å². The van der Waals surface area contributed by atoms with Crippen LogP contribution in [0, 0.1) is 5.41 Å². The van der Waals surface area contributed by atoms with Gasteiger partial charge in [0, 0.05) is 23.6 Å². The summed E-state index contributed by atoms with van der Waals surface area (Å²) in [5.41, 5.74) is 2.58. The molecule has 19 heavy (non-hydrogen) atoms. The third-order valence-electron chi connectivity index (χ3n) is 3.42. The average Bonchev–Trinajstić information content (AvgIpc) is 2.61. The van der Waals surface area contributed by atoms with Crippen molar-refractivity contribution in [3.8, 4) is 0 Å². The number of hydrogen-bond acceptors (Lipinski definition) is 3. The summed E-state index contributed by atoms with van der Waals surface area (Å²) in [7, 11) is 0. The first-order chi connectivity index (χ1) is 8.66. The Kier molecular flexibility index (Phi) is 3.69. The Morgan fingerprint density at radius 1 is 1.32 bits per heavy atom. The Morgan fingerprint density at radius 3 is 2.53 bits per heavy atom. The minimum absolute atomic E-state index is 0.102. The molecule has 0 unspecified atom stereocenters. The highest BCUT2D eigenvalue weighted by molar-refractivity contribution is 7.09. The van der Waals surface area contributed by atoms with Gasteiger partial charge >= 0.3 is 0 Å². The van der Waals surface area contributed by atoms with Crippen LogP contribution in [0.2, 0.25) is 0 Å². The largest absolute Gasteiger partial charge is 0.295 e. The number of rotatable bonds is 2. The zero-order valence-electron chi connectivity index (χ0n) is 12.5. The van der Waals surface area contributed by atoms with Crippen LogP contribution in [0.1, 0.15) is 58.2 Å². The molecule has 1 aromatic rings. The van der Waals surface area contributed by atoms with E-state index in [0.717, 1.165) is 23.5 Å². The normalized spacial score (nSPS) is 19.4. The van der Waals surface area contributed by atoms with Gasteiger partial charge in [-0.2, -0.15) is 0 Å². The molecular formula is C16H23NOS.